The minimum atomic E-state index is -3.38. The lowest BCUT2D eigenvalue weighted by molar-refractivity contribution is -0.0910. The van der Waals surface area contributed by atoms with Crippen LogP contribution in [0, 0.1) is 6.92 Å². The highest BCUT2D eigenvalue weighted by molar-refractivity contribution is 8.00. The SMILES string of the molecule is Cc1cc(O)cc(O[C@@H]2S[C@H](CO)[C@@H](O)[C@H](O)[C@H]2O)c1Cc1ccc(NS(C)(=O)=O)cc1. The summed E-state index contributed by atoms with van der Waals surface area (Å²) in [6.07, 6.45) is -2.74. The summed E-state index contributed by atoms with van der Waals surface area (Å²) >= 11 is 1.00. The van der Waals surface area contributed by atoms with Gasteiger partial charge in [-0.1, -0.05) is 12.1 Å². The predicted molar refractivity (Wildman–Crippen MR) is 121 cm³/mol. The standard InChI is InChI=1S/C21H27NO8S2/c1-11-7-14(24)9-16(30-21-20(27)19(26)18(25)17(10-23)31-21)15(11)8-12-3-5-13(6-4-12)22-32(2,28)29/h3-7,9,17-27H,8,10H2,1-2H3/t17-,18-,19+,20-,21-/m1/s1. The van der Waals surface area contributed by atoms with Crippen LogP contribution < -0.4 is 9.46 Å². The quantitative estimate of drug-likeness (QED) is 0.330. The molecule has 1 heterocycles. The van der Waals surface area contributed by atoms with Crippen LogP contribution in [0.1, 0.15) is 16.7 Å². The van der Waals surface area contributed by atoms with Crippen molar-refractivity contribution < 1.29 is 38.7 Å². The summed E-state index contributed by atoms with van der Waals surface area (Å²) in [5, 5.41) is 49.3. The molecule has 6 N–H and O–H groups in total. The van der Waals surface area contributed by atoms with Crippen LogP contribution in [0.15, 0.2) is 36.4 Å². The number of benzene rings is 2. The van der Waals surface area contributed by atoms with Crippen LogP contribution in [0.25, 0.3) is 0 Å². The maximum Gasteiger partial charge on any atom is 0.229 e. The van der Waals surface area contributed by atoms with E-state index in [1.54, 1.807) is 37.3 Å². The molecule has 0 amide bonds. The maximum atomic E-state index is 11.4. The van der Waals surface area contributed by atoms with Crippen molar-refractivity contribution in [2.24, 2.45) is 0 Å². The van der Waals surface area contributed by atoms with Gasteiger partial charge in [0.1, 0.15) is 23.7 Å². The summed E-state index contributed by atoms with van der Waals surface area (Å²) in [6, 6.07) is 9.77. The van der Waals surface area contributed by atoms with Gasteiger partial charge in [0.05, 0.1) is 24.2 Å². The van der Waals surface area contributed by atoms with E-state index in [4.69, 9.17) is 4.74 Å². The van der Waals surface area contributed by atoms with Crippen molar-refractivity contribution in [3.05, 3.63) is 53.1 Å². The number of sulfonamides is 1. The van der Waals surface area contributed by atoms with E-state index in [1.807, 2.05) is 0 Å². The van der Waals surface area contributed by atoms with E-state index in [9.17, 15) is 34.0 Å². The Balaban J connectivity index is 1.85. The zero-order valence-electron chi connectivity index (χ0n) is 17.5. The van der Waals surface area contributed by atoms with E-state index in [-0.39, 0.29) is 11.5 Å². The first-order chi connectivity index (χ1) is 15.0. The third-order valence-corrected chi connectivity index (χ3v) is 7.17. The topological polar surface area (TPSA) is 157 Å². The molecule has 2 aromatic carbocycles. The molecule has 11 heteroatoms. The van der Waals surface area contributed by atoms with Crippen LogP contribution in [0.2, 0.25) is 0 Å². The number of hydrogen-bond acceptors (Lipinski definition) is 9. The van der Waals surface area contributed by atoms with Gasteiger partial charge in [0, 0.05) is 23.7 Å². The van der Waals surface area contributed by atoms with Crippen LogP contribution in [-0.2, 0) is 16.4 Å². The van der Waals surface area contributed by atoms with Crippen molar-refractivity contribution in [2.75, 3.05) is 17.6 Å². The highest BCUT2D eigenvalue weighted by Gasteiger charge is 2.44. The fourth-order valence-corrected chi connectivity index (χ4v) is 5.29. The Bertz CT molecular complexity index is 1040. The smallest absolute Gasteiger partial charge is 0.229 e. The second-order valence-electron chi connectivity index (χ2n) is 7.80. The monoisotopic (exact) mass is 485 g/mol. The average Bonchev–Trinajstić information content (AvgIpc) is 2.71. The van der Waals surface area contributed by atoms with E-state index >= 15 is 0 Å². The van der Waals surface area contributed by atoms with Crippen molar-refractivity contribution >= 4 is 27.5 Å². The number of aliphatic hydroxyl groups excluding tert-OH is 4. The van der Waals surface area contributed by atoms with Crippen LogP contribution in [-0.4, -0.2) is 75.8 Å². The predicted octanol–water partition coefficient (Wildman–Crippen LogP) is 0.558. The zero-order valence-corrected chi connectivity index (χ0v) is 19.2. The van der Waals surface area contributed by atoms with Gasteiger partial charge in [-0.3, -0.25) is 4.72 Å². The minimum absolute atomic E-state index is 0.0384. The molecule has 0 saturated carbocycles. The molecule has 176 valence electrons. The van der Waals surface area contributed by atoms with E-state index in [1.165, 1.54) is 6.07 Å². The summed E-state index contributed by atoms with van der Waals surface area (Å²) in [7, 11) is -3.38. The summed E-state index contributed by atoms with van der Waals surface area (Å²) in [5.74, 6) is 0.251. The Morgan fingerprint density at radius 3 is 2.31 bits per heavy atom. The number of phenolic OH excluding ortho intramolecular Hbond substituents is 1. The normalized spacial score (nSPS) is 26.0. The zero-order chi connectivity index (χ0) is 23.6. The summed E-state index contributed by atoms with van der Waals surface area (Å²) < 4.78 is 31.1. The number of aryl methyl sites for hydroxylation is 1. The lowest BCUT2D eigenvalue weighted by atomic mass is 9.99. The molecule has 5 atom stereocenters. The van der Waals surface area contributed by atoms with Crippen molar-refractivity contribution in [3.63, 3.8) is 0 Å². The van der Waals surface area contributed by atoms with Gasteiger partial charge >= 0.3 is 0 Å². The molecule has 1 fully saturated rings. The average molecular weight is 486 g/mol. The van der Waals surface area contributed by atoms with Crippen LogP contribution in [0.4, 0.5) is 5.69 Å². The second-order valence-corrected chi connectivity index (χ2v) is 10.9. The van der Waals surface area contributed by atoms with Crippen molar-refractivity contribution in [1.29, 1.82) is 0 Å². The molecule has 0 unspecified atom stereocenters. The fraction of sp³-hybridized carbons (Fsp3) is 0.429. The van der Waals surface area contributed by atoms with Crippen molar-refractivity contribution in [3.8, 4) is 11.5 Å². The van der Waals surface area contributed by atoms with Crippen LogP contribution >= 0.6 is 11.8 Å². The number of aliphatic hydroxyl groups is 4. The molecule has 0 aliphatic carbocycles. The van der Waals surface area contributed by atoms with E-state index in [0.717, 1.165) is 34.7 Å². The number of hydrogen-bond donors (Lipinski definition) is 6. The van der Waals surface area contributed by atoms with Gasteiger partial charge in [0.25, 0.3) is 0 Å². The maximum absolute atomic E-state index is 11.4. The van der Waals surface area contributed by atoms with Crippen molar-refractivity contribution in [1.82, 2.24) is 0 Å². The first-order valence-electron chi connectivity index (χ1n) is 9.85. The molecule has 2 aromatic rings. The molecular formula is C21H27NO8S2. The Labute approximate surface area is 190 Å². The molecular weight excluding hydrogens is 458 g/mol. The van der Waals surface area contributed by atoms with Gasteiger partial charge in [-0.25, -0.2) is 8.42 Å². The summed E-state index contributed by atoms with van der Waals surface area (Å²) in [4.78, 5) is 0. The number of thioether (sulfide) groups is 1. The molecule has 9 nitrogen and oxygen atoms in total. The summed E-state index contributed by atoms with van der Waals surface area (Å²) in [6.45, 7) is 1.39. The molecule has 1 aliphatic heterocycles. The van der Waals surface area contributed by atoms with E-state index in [2.05, 4.69) is 4.72 Å². The number of aromatic hydroxyl groups is 1. The van der Waals surface area contributed by atoms with Crippen molar-refractivity contribution in [2.45, 2.75) is 42.3 Å². The molecule has 3 rings (SSSR count). The molecule has 1 aliphatic rings. The first-order valence-corrected chi connectivity index (χ1v) is 12.7. The third kappa shape index (κ3) is 5.85. The number of nitrogens with one attached hydrogen (secondary N) is 1. The van der Waals surface area contributed by atoms with Gasteiger partial charge in [0.15, 0.2) is 5.44 Å². The summed E-state index contributed by atoms with van der Waals surface area (Å²) in [5.41, 5.74) is 1.75. The molecule has 32 heavy (non-hydrogen) atoms. The fourth-order valence-electron chi connectivity index (χ4n) is 3.50. The van der Waals surface area contributed by atoms with Gasteiger partial charge in [-0.2, -0.15) is 0 Å². The van der Waals surface area contributed by atoms with E-state index in [0.29, 0.717) is 12.1 Å². The Morgan fingerprint density at radius 1 is 1.06 bits per heavy atom. The number of rotatable bonds is 7. The third-order valence-electron chi connectivity index (χ3n) is 5.15. The van der Waals surface area contributed by atoms with Gasteiger partial charge < -0.3 is 30.3 Å². The van der Waals surface area contributed by atoms with Gasteiger partial charge in [0.2, 0.25) is 10.0 Å². The number of anilines is 1. The van der Waals surface area contributed by atoms with Crippen LogP contribution in [0.5, 0.6) is 11.5 Å². The largest absolute Gasteiger partial charge is 0.508 e. The lowest BCUT2D eigenvalue weighted by Gasteiger charge is -2.39. The number of ether oxygens (including phenoxy) is 1. The highest BCUT2D eigenvalue weighted by atomic mass is 32.2. The molecule has 0 aromatic heterocycles. The van der Waals surface area contributed by atoms with E-state index < -0.39 is 45.6 Å². The first kappa shape index (κ1) is 24.6. The molecule has 0 bridgehead atoms. The highest BCUT2D eigenvalue weighted by Crippen LogP contribution is 2.37. The Kier molecular flexibility index (Phi) is 7.58. The second kappa shape index (κ2) is 9.86. The van der Waals surface area contributed by atoms with Crippen LogP contribution in [0.3, 0.4) is 0 Å². The Morgan fingerprint density at radius 2 is 1.72 bits per heavy atom. The Hall–Kier alpha value is -2.02. The number of phenols is 1. The van der Waals surface area contributed by atoms with Gasteiger partial charge in [-0.05, 0) is 36.2 Å². The lowest BCUT2D eigenvalue weighted by Crippen LogP contribution is -2.55. The van der Waals surface area contributed by atoms with Gasteiger partial charge in [-0.15, -0.1) is 11.8 Å². The minimum Gasteiger partial charge on any atom is -0.508 e. The molecule has 0 spiro atoms. The molecule has 0 radical (unpaired) electrons. The molecule has 1 saturated heterocycles.